The van der Waals surface area contributed by atoms with E-state index in [9.17, 15) is 4.79 Å². The minimum atomic E-state index is -0.553. The lowest BCUT2D eigenvalue weighted by Crippen LogP contribution is -2.43. The van der Waals surface area contributed by atoms with Crippen molar-refractivity contribution in [1.29, 1.82) is 0 Å². The Labute approximate surface area is 111 Å². The number of rotatable bonds is 4. The molecule has 1 heterocycles. The summed E-state index contributed by atoms with van der Waals surface area (Å²) in [7, 11) is 0. The molecule has 1 fully saturated rings. The van der Waals surface area contributed by atoms with Crippen LogP contribution in [0.2, 0.25) is 0 Å². The molecular weight excluding hydrogens is 269 g/mol. The molecule has 1 aliphatic carbocycles. The van der Waals surface area contributed by atoms with Gasteiger partial charge < -0.3 is 11.1 Å². The van der Waals surface area contributed by atoms with E-state index in [4.69, 9.17) is 5.73 Å². The number of amides is 1. The first-order valence-corrected chi connectivity index (χ1v) is 5.59. The van der Waals surface area contributed by atoms with Crippen LogP contribution in [0.25, 0.3) is 0 Å². The van der Waals surface area contributed by atoms with Crippen molar-refractivity contribution in [2.75, 3.05) is 6.54 Å². The Kier molecular flexibility index (Phi) is 6.25. The van der Waals surface area contributed by atoms with Gasteiger partial charge in [0, 0.05) is 18.3 Å². The highest BCUT2D eigenvalue weighted by atomic mass is 35.5. The van der Waals surface area contributed by atoms with E-state index in [2.05, 4.69) is 10.3 Å². The molecule has 16 heavy (non-hydrogen) atoms. The average molecular weight is 284 g/mol. The number of nitrogens with one attached hydrogen (secondary N) is 1. The van der Waals surface area contributed by atoms with Gasteiger partial charge >= 0.3 is 0 Å². The number of halogens is 2. The van der Waals surface area contributed by atoms with Crippen molar-refractivity contribution in [3.63, 3.8) is 0 Å². The number of hydrogen-bond acceptors (Lipinski definition) is 4. The molecule has 2 rings (SSSR count). The van der Waals surface area contributed by atoms with Gasteiger partial charge in [-0.25, -0.2) is 4.98 Å². The molecule has 0 aliphatic heterocycles. The normalized spacial score (nSPS) is 15.6. The first-order chi connectivity index (χ1) is 6.71. The molecule has 1 saturated carbocycles. The number of carbonyl (C=O) groups excluding carboxylic acids is 1. The van der Waals surface area contributed by atoms with E-state index >= 15 is 0 Å². The van der Waals surface area contributed by atoms with Crippen LogP contribution in [0.4, 0.5) is 0 Å². The molecule has 0 aromatic carbocycles. The van der Waals surface area contributed by atoms with Crippen molar-refractivity contribution in [2.45, 2.75) is 24.8 Å². The largest absolute Gasteiger partial charge is 0.354 e. The molecule has 0 saturated heterocycles. The third-order valence-electron chi connectivity index (χ3n) is 2.39. The van der Waals surface area contributed by atoms with Gasteiger partial charge in [-0.05, 0) is 12.8 Å². The second kappa shape index (κ2) is 6.39. The zero-order valence-electron chi connectivity index (χ0n) is 8.64. The lowest BCUT2D eigenvalue weighted by Gasteiger charge is -2.08. The van der Waals surface area contributed by atoms with Gasteiger partial charge in [-0.3, -0.25) is 4.79 Å². The zero-order chi connectivity index (χ0) is 10.0. The summed E-state index contributed by atoms with van der Waals surface area (Å²) < 4.78 is 0. The van der Waals surface area contributed by atoms with Gasteiger partial charge in [-0.15, -0.1) is 36.2 Å². The predicted octanol–water partition coefficient (Wildman–Crippen LogP) is 1.14. The summed E-state index contributed by atoms with van der Waals surface area (Å²) in [5.74, 6) is -0.0206. The van der Waals surface area contributed by atoms with Crippen molar-refractivity contribution >= 4 is 42.1 Å². The van der Waals surface area contributed by atoms with Crippen LogP contribution in [-0.2, 0) is 11.2 Å². The Balaban J connectivity index is 0.00000112. The van der Waals surface area contributed by atoms with Gasteiger partial charge in [0.1, 0.15) is 0 Å². The van der Waals surface area contributed by atoms with Crippen molar-refractivity contribution in [3.05, 3.63) is 16.6 Å². The molecule has 1 aromatic heterocycles. The summed E-state index contributed by atoms with van der Waals surface area (Å²) in [6, 6.07) is 0. The topological polar surface area (TPSA) is 68.0 Å². The summed E-state index contributed by atoms with van der Waals surface area (Å²) in [6.07, 6.45) is 2.41. The van der Waals surface area contributed by atoms with Gasteiger partial charge in [0.05, 0.1) is 16.7 Å². The Morgan fingerprint density at radius 2 is 2.25 bits per heavy atom. The van der Waals surface area contributed by atoms with Gasteiger partial charge in [0.25, 0.3) is 0 Å². The number of hydrogen-bond donors (Lipinski definition) is 2. The maximum atomic E-state index is 11.4. The number of nitrogens with two attached hydrogens (primary N) is 1. The Hall–Kier alpha value is -0.360. The maximum Gasteiger partial charge on any atom is 0.240 e. The molecule has 1 aromatic rings. The number of aromatic nitrogens is 1. The second-order valence-corrected chi connectivity index (χ2v) is 4.36. The first-order valence-electron chi connectivity index (χ1n) is 4.65. The third-order valence-corrected chi connectivity index (χ3v) is 3.03. The molecule has 0 bridgehead atoms. The van der Waals surface area contributed by atoms with Crippen LogP contribution in [0.3, 0.4) is 0 Å². The fraction of sp³-hybridized carbons (Fsp3) is 0.556. The fourth-order valence-corrected chi connectivity index (χ4v) is 1.80. The molecule has 0 spiro atoms. The maximum absolute atomic E-state index is 11.4. The highest BCUT2D eigenvalue weighted by molar-refractivity contribution is 7.07. The average Bonchev–Trinajstić information content (AvgIpc) is 2.73. The summed E-state index contributed by atoms with van der Waals surface area (Å²) in [5, 5.41) is 4.81. The standard InChI is InChI=1S/C9H13N3OS.2ClH/c10-9(2-3-9)8(13)11-4-1-7-5-14-6-12-7;;/h5-6H,1-4,10H2,(H,11,13);2*1H. The number of carbonyl (C=O) groups is 1. The summed E-state index contributed by atoms with van der Waals surface area (Å²) in [5.41, 5.74) is 7.99. The first kappa shape index (κ1) is 15.6. The van der Waals surface area contributed by atoms with Crippen LogP contribution in [0, 0.1) is 0 Å². The van der Waals surface area contributed by atoms with E-state index in [1.54, 1.807) is 16.8 Å². The van der Waals surface area contributed by atoms with E-state index in [1.165, 1.54) is 0 Å². The summed E-state index contributed by atoms with van der Waals surface area (Å²) >= 11 is 1.57. The fourth-order valence-electron chi connectivity index (χ4n) is 1.20. The number of thiazole rings is 1. The zero-order valence-corrected chi connectivity index (χ0v) is 11.1. The molecule has 3 N–H and O–H groups in total. The lowest BCUT2D eigenvalue weighted by molar-refractivity contribution is -0.123. The monoisotopic (exact) mass is 283 g/mol. The van der Waals surface area contributed by atoms with E-state index in [-0.39, 0.29) is 30.7 Å². The molecule has 1 aliphatic rings. The predicted molar refractivity (Wildman–Crippen MR) is 69.5 cm³/mol. The Morgan fingerprint density at radius 3 is 2.75 bits per heavy atom. The third kappa shape index (κ3) is 3.90. The minimum Gasteiger partial charge on any atom is -0.354 e. The molecule has 4 nitrogen and oxygen atoms in total. The summed E-state index contributed by atoms with van der Waals surface area (Å²) in [6.45, 7) is 0.627. The molecule has 7 heteroatoms. The lowest BCUT2D eigenvalue weighted by atomic mass is 10.2. The second-order valence-electron chi connectivity index (χ2n) is 3.64. The van der Waals surface area contributed by atoms with Crippen molar-refractivity contribution in [3.8, 4) is 0 Å². The Bertz CT molecular complexity index is 328. The molecule has 0 radical (unpaired) electrons. The molecule has 92 valence electrons. The van der Waals surface area contributed by atoms with Gasteiger partial charge in [0.15, 0.2) is 0 Å². The SMILES string of the molecule is Cl.Cl.NC1(C(=O)NCCc2cscn2)CC1. The van der Waals surface area contributed by atoms with Gasteiger partial charge in [-0.2, -0.15) is 0 Å². The van der Waals surface area contributed by atoms with Crippen molar-refractivity contribution < 1.29 is 4.79 Å². The van der Waals surface area contributed by atoms with Crippen LogP contribution in [0.15, 0.2) is 10.9 Å². The Morgan fingerprint density at radius 1 is 1.56 bits per heavy atom. The van der Waals surface area contributed by atoms with Crippen LogP contribution < -0.4 is 11.1 Å². The van der Waals surface area contributed by atoms with E-state index in [1.807, 2.05) is 5.38 Å². The van der Waals surface area contributed by atoms with Crippen molar-refractivity contribution in [2.24, 2.45) is 5.73 Å². The smallest absolute Gasteiger partial charge is 0.240 e. The van der Waals surface area contributed by atoms with Crippen LogP contribution in [0.1, 0.15) is 18.5 Å². The van der Waals surface area contributed by atoms with E-state index in [0.29, 0.717) is 6.54 Å². The highest BCUT2D eigenvalue weighted by Crippen LogP contribution is 2.31. The highest BCUT2D eigenvalue weighted by Gasteiger charge is 2.45. The van der Waals surface area contributed by atoms with Crippen LogP contribution >= 0.6 is 36.2 Å². The molecule has 0 atom stereocenters. The molecular formula is C9H15Cl2N3OS. The van der Waals surface area contributed by atoms with E-state index in [0.717, 1.165) is 25.0 Å². The quantitative estimate of drug-likeness (QED) is 0.871. The molecule has 1 amide bonds. The minimum absolute atomic E-state index is 0. The molecule has 0 unspecified atom stereocenters. The van der Waals surface area contributed by atoms with Crippen molar-refractivity contribution in [1.82, 2.24) is 10.3 Å². The van der Waals surface area contributed by atoms with Crippen LogP contribution in [0.5, 0.6) is 0 Å². The van der Waals surface area contributed by atoms with Gasteiger partial charge in [0.2, 0.25) is 5.91 Å². The number of nitrogens with zero attached hydrogens (tertiary/aromatic N) is 1. The van der Waals surface area contributed by atoms with E-state index < -0.39 is 5.54 Å². The van der Waals surface area contributed by atoms with Gasteiger partial charge in [-0.1, -0.05) is 0 Å². The summed E-state index contributed by atoms with van der Waals surface area (Å²) in [4.78, 5) is 15.5. The van der Waals surface area contributed by atoms with Crippen LogP contribution in [-0.4, -0.2) is 23.0 Å².